The third-order valence-corrected chi connectivity index (χ3v) is 2.67. The molecule has 0 heterocycles. The van der Waals surface area contributed by atoms with Gasteiger partial charge in [-0.2, -0.15) is 8.78 Å². The molecule has 2 rings (SSSR count). The van der Waals surface area contributed by atoms with Gasteiger partial charge in [0, 0.05) is 0 Å². The molecular weight excluding hydrogens is 276 g/mol. The average molecular weight is 286 g/mol. The molecule has 0 bridgehead atoms. The largest absolute Gasteiger partial charge is 0.435 e. The van der Waals surface area contributed by atoms with Crippen molar-refractivity contribution in [2.45, 2.75) is 12.7 Å². The van der Waals surface area contributed by atoms with Crippen molar-refractivity contribution >= 4 is 0 Å². The van der Waals surface area contributed by atoms with Crippen molar-refractivity contribution in [1.82, 2.24) is 0 Å². The Balaban J connectivity index is 2.36. The molecule has 0 aliphatic heterocycles. The zero-order valence-corrected chi connectivity index (χ0v) is 10.1. The Bertz CT molecular complexity index is 581. The second-order valence-electron chi connectivity index (χ2n) is 3.99. The minimum atomic E-state index is -3.02. The Kier molecular flexibility index (Phi) is 4.24. The first-order chi connectivity index (χ1) is 9.49. The number of aliphatic hydroxyl groups excluding tert-OH is 1. The van der Waals surface area contributed by atoms with Crippen LogP contribution in [0.15, 0.2) is 42.5 Å². The predicted octanol–water partition coefficient (Wildman–Crippen LogP) is 3.65. The Labute approximate surface area is 112 Å². The summed E-state index contributed by atoms with van der Waals surface area (Å²) in [7, 11) is 0. The molecule has 2 aromatic carbocycles. The molecule has 0 saturated heterocycles. The van der Waals surface area contributed by atoms with Crippen LogP contribution in [0.25, 0.3) is 0 Å². The van der Waals surface area contributed by atoms with Crippen molar-refractivity contribution in [1.29, 1.82) is 0 Å². The van der Waals surface area contributed by atoms with Crippen LogP contribution >= 0.6 is 0 Å². The van der Waals surface area contributed by atoms with E-state index in [4.69, 9.17) is 0 Å². The zero-order chi connectivity index (χ0) is 14.7. The standard InChI is InChI=1S/C14H10F4O2/c15-10-5-2-6-11(16)12(10)13(19)8-3-1-4-9(7-8)20-14(17)18/h1-7,13-14,19H. The second kappa shape index (κ2) is 5.92. The van der Waals surface area contributed by atoms with Gasteiger partial charge < -0.3 is 9.84 Å². The van der Waals surface area contributed by atoms with Gasteiger partial charge in [0.2, 0.25) is 0 Å². The zero-order valence-electron chi connectivity index (χ0n) is 10.1. The SMILES string of the molecule is OC(c1cccc(OC(F)F)c1)c1c(F)cccc1F. The highest BCUT2D eigenvalue weighted by molar-refractivity contribution is 5.36. The molecule has 0 aliphatic carbocycles. The smallest absolute Gasteiger partial charge is 0.387 e. The fraction of sp³-hybridized carbons (Fsp3) is 0.143. The van der Waals surface area contributed by atoms with Crippen LogP contribution in [0.3, 0.4) is 0 Å². The van der Waals surface area contributed by atoms with E-state index in [1.54, 1.807) is 0 Å². The Morgan fingerprint density at radius 3 is 2.15 bits per heavy atom. The summed E-state index contributed by atoms with van der Waals surface area (Å²) in [5.41, 5.74) is -0.492. The van der Waals surface area contributed by atoms with Crippen LogP contribution in [-0.4, -0.2) is 11.7 Å². The van der Waals surface area contributed by atoms with Crippen molar-refractivity contribution < 1.29 is 27.4 Å². The fourth-order valence-corrected chi connectivity index (χ4v) is 1.80. The summed E-state index contributed by atoms with van der Waals surface area (Å²) in [6.07, 6.45) is -1.61. The molecule has 6 heteroatoms. The molecule has 1 N–H and O–H groups in total. The Morgan fingerprint density at radius 1 is 0.950 bits per heavy atom. The van der Waals surface area contributed by atoms with Gasteiger partial charge in [0.1, 0.15) is 23.5 Å². The second-order valence-corrected chi connectivity index (χ2v) is 3.99. The third-order valence-electron chi connectivity index (χ3n) is 2.67. The molecule has 20 heavy (non-hydrogen) atoms. The number of benzene rings is 2. The van der Waals surface area contributed by atoms with Crippen molar-refractivity contribution in [3.05, 3.63) is 65.2 Å². The van der Waals surface area contributed by atoms with Crippen LogP contribution in [0, 0.1) is 11.6 Å². The van der Waals surface area contributed by atoms with Crippen molar-refractivity contribution in [2.75, 3.05) is 0 Å². The molecule has 0 radical (unpaired) electrons. The highest BCUT2D eigenvalue weighted by atomic mass is 19.3. The van der Waals surface area contributed by atoms with Crippen LogP contribution in [0.2, 0.25) is 0 Å². The number of hydrogen-bond acceptors (Lipinski definition) is 2. The maximum atomic E-state index is 13.5. The minimum absolute atomic E-state index is 0.0483. The van der Waals surface area contributed by atoms with Crippen LogP contribution in [0.1, 0.15) is 17.2 Å². The van der Waals surface area contributed by atoms with Gasteiger partial charge in [-0.05, 0) is 29.8 Å². The molecule has 0 saturated carbocycles. The summed E-state index contributed by atoms with van der Waals surface area (Å²) < 4.78 is 55.5. The summed E-state index contributed by atoms with van der Waals surface area (Å²) in [6, 6.07) is 8.21. The van der Waals surface area contributed by atoms with E-state index < -0.39 is 29.9 Å². The van der Waals surface area contributed by atoms with Crippen molar-refractivity contribution in [2.24, 2.45) is 0 Å². The van der Waals surface area contributed by atoms with Gasteiger partial charge in [-0.1, -0.05) is 18.2 Å². The number of halogens is 4. The molecule has 2 aromatic rings. The number of aliphatic hydroxyl groups is 1. The van der Waals surface area contributed by atoms with Gasteiger partial charge in [-0.3, -0.25) is 0 Å². The van der Waals surface area contributed by atoms with Gasteiger partial charge in [0.25, 0.3) is 0 Å². The average Bonchev–Trinajstić information content (AvgIpc) is 2.38. The maximum absolute atomic E-state index is 13.5. The molecule has 0 spiro atoms. The monoisotopic (exact) mass is 286 g/mol. The third kappa shape index (κ3) is 3.08. The molecule has 2 nitrogen and oxygen atoms in total. The lowest BCUT2D eigenvalue weighted by atomic mass is 10.0. The molecular formula is C14H10F4O2. The van der Waals surface area contributed by atoms with E-state index in [0.29, 0.717) is 0 Å². The van der Waals surface area contributed by atoms with E-state index >= 15 is 0 Å². The van der Waals surface area contributed by atoms with E-state index in [0.717, 1.165) is 24.3 Å². The summed E-state index contributed by atoms with van der Waals surface area (Å²) in [6.45, 7) is -3.02. The molecule has 0 amide bonds. The summed E-state index contributed by atoms with van der Waals surface area (Å²) >= 11 is 0. The normalized spacial score (nSPS) is 12.5. The lowest BCUT2D eigenvalue weighted by Gasteiger charge is -2.14. The van der Waals surface area contributed by atoms with E-state index in [1.165, 1.54) is 18.2 Å². The predicted molar refractivity (Wildman–Crippen MR) is 63.5 cm³/mol. The number of alkyl halides is 2. The first-order valence-electron chi connectivity index (χ1n) is 5.66. The molecule has 1 atom stereocenters. The molecule has 0 aromatic heterocycles. The van der Waals surface area contributed by atoms with E-state index in [2.05, 4.69) is 4.74 Å². The van der Waals surface area contributed by atoms with Crippen LogP contribution in [0.4, 0.5) is 17.6 Å². The molecule has 0 fully saturated rings. The lowest BCUT2D eigenvalue weighted by molar-refractivity contribution is -0.0499. The molecule has 0 aliphatic rings. The lowest BCUT2D eigenvalue weighted by Crippen LogP contribution is -2.07. The van der Waals surface area contributed by atoms with Crippen LogP contribution in [-0.2, 0) is 0 Å². The maximum Gasteiger partial charge on any atom is 0.387 e. The number of rotatable bonds is 4. The highest BCUT2D eigenvalue weighted by Gasteiger charge is 2.20. The topological polar surface area (TPSA) is 29.5 Å². The molecule has 1 unspecified atom stereocenters. The van der Waals surface area contributed by atoms with Gasteiger partial charge in [0.05, 0.1) is 5.56 Å². The quantitative estimate of drug-likeness (QED) is 0.869. The van der Waals surface area contributed by atoms with Gasteiger partial charge in [-0.15, -0.1) is 0 Å². The van der Waals surface area contributed by atoms with Crippen LogP contribution in [0.5, 0.6) is 5.75 Å². The number of hydrogen-bond donors (Lipinski definition) is 1. The number of ether oxygens (including phenoxy) is 1. The molecule has 106 valence electrons. The fourth-order valence-electron chi connectivity index (χ4n) is 1.80. The van der Waals surface area contributed by atoms with Gasteiger partial charge in [0.15, 0.2) is 0 Å². The van der Waals surface area contributed by atoms with Crippen molar-refractivity contribution in [3.63, 3.8) is 0 Å². The van der Waals surface area contributed by atoms with E-state index in [9.17, 15) is 22.7 Å². The summed E-state index contributed by atoms with van der Waals surface area (Å²) in [5, 5.41) is 9.99. The van der Waals surface area contributed by atoms with E-state index in [1.807, 2.05) is 0 Å². The summed E-state index contributed by atoms with van der Waals surface area (Å²) in [4.78, 5) is 0. The van der Waals surface area contributed by atoms with E-state index in [-0.39, 0.29) is 11.3 Å². The van der Waals surface area contributed by atoms with Crippen LogP contribution < -0.4 is 4.74 Å². The van der Waals surface area contributed by atoms with Gasteiger partial charge >= 0.3 is 6.61 Å². The Morgan fingerprint density at radius 2 is 1.55 bits per heavy atom. The van der Waals surface area contributed by atoms with Gasteiger partial charge in [-0.25, -0.2) is 8.78 Å². The first kappa shape index (κ1) is 14.3. The highest BCUT2D eigenvalue weighted by Crippen LogP contribution is 2.29. The Hall–Kier alpha value is -2.08. The minimum Gasteiger partial charge on any atom is -0.435 e. The first-order valence-corrected chi connectivity index (χ1v) is 5.66. The summed E-state index contributed by atoms with van der Waals surface area (Å²) in [5.74, 6) is -2.04. The van der Waals surface area contributed by atoms with Crippen molar-refractivity contribution in [3.8, 4) is 5.75 Å².